The van der Waals surface area contributed by atoms with Crippen LogP contribution in [-0.4, -0.2) is 17.5 Å². The Labute approximate surface area is 179 Å². The van der Waals surface area contributed by atoms with Crippen LogP contribution in [0.3, 0.4) is 0 Å². The zero-order valence-corrected chi connectivity index (χ0v) is 17.0. The lowest BCUT2D eigenvalue weighted by Gasteiger charge is -2.17. The van der Waals surface area contributed by atoms with Gasteiger partial charge < -0.3 is 9.84 Å². The molecule has 1 aliphatic heterocycles. The first-order valence-electron chi connectivity index (χ1n) is 9.26. The monoisotopic (exact) mass is 424 g/mol. The molecule has 0 aliphatic carbocycles. The zero-order valence-electron chi connectivity index (χ0n) is 15.5. The van der Waals surface area contributed by atoms with Gasteiger partial charge in [-0.3, -0.25) is 4.79 Å². The number of halogens is 2. The molecule has 146 valence electrons. The van der Waals surface area contributed by atoms with Gasteiger partial charge in [0.1, 0.15) is 5.75 Å². The molecule has 3 aromatic carbocycles. The lowest BCUT2D eigenvalue weighted by Crippen LogP contribution is -2.11. The maximum Gasteiger partial charge on any atom is 0.189 e. The van der Waals surface area contributed by atoms with Crippen molar-refractivity contribution in [2.75, 3.05) is 6.61 Å². The molecule has 29 heavy (non-hydrogen) atoms. The molecule has 0 unspecified atom stereocenters. The van der Waals surface area contributed by atoms with Gasteiger partial charge in [-0.15, -0.1) is 0 Å². The Bertz CT molecular complexity index is 1080. The van der Waals surface area contributed by atoms with Gasteiger partial charge in [-0.1, -0.05) is 65.7 Å². The first kappa shape index (κ1) is 19.6. The van der Waals surface area contributed by atoms with Gasteiger partial charge in [0.15, 0.2) is 11.5 Å². The Morgan fingerprint density at radius 1 is 0.931 bits per heavy atom. The standard InChI is InChI=1S/C24H18Cl2O3/c25-20-13-19(14-21(26)24(20)28)23(27)17-7-4-10-29-22-9-8-16(11-18(22)12-17)15-5-2-1-3-6-15/h1-3,5-9,11,13-14,28H,4,10,12H2/b17-7-. The zero-order chi connectivity index (χ0) is 20.4. The van der Waals surface area contributed by atoms with Crippen LogP contribution >= 0.6 is 23.2 Å². The van der Waals surface area contributed by atoms with Crippen LogP contribution in [0.15, 0.2) is 72.3 Å². The molecule has 1 heterocycles. The molecule has 1 N–H and O–H groups in total. The highest BCUT2D eigenvalue weighted by atomic mass is 35.5. The van der Waals surface area contributed by atoms with Crippen LogP contribution in [0, 0.1) is 0 Å². The molecule has 1 aliphatic rings. The number of benzene rings is 3. The van der Waals surface area contributed by atoms with E-state index >= 15 is 0 Å². The van der Waals surface area contributed by atoms with Gasteiger partial charge in [0, 0.05) is 24.0 Å². The van der Waals surface area contributed by atoms with E-state index in [4.69, 9.17) is 27.9 Å². The lowest BCUT2D eigenvalue weighted by atomic mass is 9.93. The quantitative estimate of drug-likeness (QED) is 0.488. The molecule has 0 saturated carbocycles. The Morgan fingerprint density at radius 3 is 2.38 bits per heavy atom. The van der Waals surface area contributed by atoms with Gasteiger partial charge >= 0.3 is 0 Å². The van der Waals surface area contributed by atoms with E-state index in [-0.39, 0.29) is 21.6 Å². The predicted molar refractivity (Wildman–Crippen MR) is 116 cm³/mol. The van der Waals surface area contributed by atoms with E-state index < -0.39 is 0 Å². The van der Waals surface area contributed by atoms with E-state index in [9.17, 15) is 9.90 Å². The Balaban J connectivity index is 1.69. The van der Waals surface area contributed by atoms with Gasteiger partial charge in [0.05, 0.1) is 16.7 Å². The number of hydrogen-bond acceptors (Lipinski definition) is 3. The largest absolute Gasteiger partial charge is 0.505 e. The topological polar surface area (TPSA) is 46.5 Å². The second-order valence-electron chi connectivity index (χ2n) is 6.85. The summed E-state index contributed by atoms with van der Waals surface area (Å²) in [5.41, 5.74) is 4.12. The van der Waals surface area contributed by atoms with E-state index in [2.05, 4.69) is 6.07 Å². The number of Topliss-reactive ketones (excluding diaryl/α,β-unsaturated/α-hetero) is 1. The van der Waals surface area contributed by atoms with Crippen LogP contribution in [0.4, 0.5) is 0 Å². The highest BCUT2D eigenvalue weighted by molar-refractivity contribution is 6.37. The SMILES string of the molecule is O=C(/C1=C\CCOc2ccc(-c3ccccc3)cc2C1)c1cc(Cl)c(O)c(Cl)c1. The first-order valence-corrected chi connectivity index (χ1v) is 10.0. The van der Waals surface area contributed by atoms with Gasteiger partial charge in [-0.05, 0) is 41.0 Å². The molecule has 0 atom stereocenters. The molecule has 0 spiro atoms. The van der Waals surface area contributed by atoms with E-state index in [0.29, 0.717) is 30.6 Å². The smallest absolute Gasteiger partial charge is 0.189 e. The maximum absolute atomic E-state index is 13.1. The van der Waals surface area contributed by atoms with E-state index in [1.807, 2.05) is 48.5 Å². The molecule has 0 saturated heterocycles. The molecule has 3 nitrogen and oxygen atoms in total. The third kappa shape index (κ3) is 4.16. The number of phenolic OH excluding ortho intramolecular Hbond substituents is 1. The minimum atomic E-state index is -0.220. The van der Waals surface area contributed by atoms with Crippen LogP contribution in [0.1, 0.15) is 22.3 Å². The molecule has 0 fully saturated rings. The minimum absolute atomic E-state index is 0.0578. The summed E-state index contributed by atoms with van der Waals surface area (Å²) in [5, 5.41) is 9.88. The summed E-state index contributed by atoms with van der Waals surface area (Å²) in [6.07, 6.45) is 2.96. The van der Waals surface area contributed by atoms with Crippen LogP contribution < -0.4 is 4.74 Å². The van der Waals surface area contributed by atoms with E-state index in [1.54, 1.807) is 0 Å². The van der Waals surface area contributed by atoms with Gasteiger partial charge in [0.25, 0.3) is 0 Å². The molecule has 0 amide bonds. The van der Waals surface area contributed by atoms with Crippen molar-refractivity contribution in [2.24, 2.45) is 0 Å². The summed E-state index contributed by atoms with van der Waals surface area (Å²) < 4.78 is 5.88. The van der Waals surface area contributed by atoms with Crippen molar-refractivity contribution in [1.82, 2.24) is 0 Å². The number of ether oxygens (including phenoxy) is 1. The van der Waals surface area contributed by atoms with E-state index in [1.165, 1.54) is 12.1 Å². The minimum Gasteiger partial charge on any atom is -0.505 e. The van der Waals surface area contributed by atoms with Gasteiger partial charge in [-0.25, -0.2) is 0 Å². The van der Waals surface area contributed by atoms with E-state index in [0.717, 1.165) is 22.4 Å². The molecule has 0 radical (unpaired) electrons. The Morgan fingerprint density at radius 2 is 1.66 bits per heavy atom. The second-order valence-corrected chi connectivity index (χ2v) is 7.66. The first-order chi connectivity index (χ1) is 14.0. The number of aromatic hydroxyl groups is 1. The molecular weight excluding hydrogens is 407 g/mol. The van der Waals surface area contributed by atoms with Crippen molar-refractivity contribution < 1.29 is 14.6 Å². The molecule has 0 aromatic heterocycles. The third-order valence-corrected chi connectivity index (χ3v) is 5.46. The number of hydrogen-bond donors (Lipinski definition) is 1. The maximum atomic E-state index is 13.1. The fourth-order valence-corrected chi connectivity index (χ4v) is 3.89. The number of fused-ring (bicyclic) bond motifs is 1. The molecule has 0 bridgehead atoms. The number of carbonyl (C=O) groups excluding carboxylic acids is 1. The summed E-state index contributed by atoms with van der Waals surface area (Å²) in [6, 6.07) is 19.0. The van der Waals surface area contributed by atoms with Gasteiger partial charge in [-0.2, -0.15) is 0 Å². The molecular formula is C24H18Cl2O3. The Kier molecular flexibility index (Phi) is 5.61. The molecule has 5 heteroatoms. The highest BCUT2D eigenvalue weighted by Crippen LogP contribution is 2.35. The number of allylic oxidation sites excluding steroid dienone is 1. The fraction of sp³-hybridized carbons (Fsp3) is 0.125. The summed E-state index contributed by atoms with van der Waals surface area (Å²) in [7, 11) is 0. The number of ketones is 1. The average Bonchev–Trinajstić information content (AvgIpc) is 2.72. The van der Waals surface area contributed by atoms with Crippen LogP contribution in [0.5, 0.6) is 11.5 Å². The van der Waals surface area contributed by atoms with Crippen molar-refractivity contribution >= 4 is 29.0 Å². The van der Waals surface area contributed by atoms with Crippen LogP contribution in [0.25, 0.3) is 11.1 Å². The summed E-state index contributed by atoms with van der Waals surface area (Å²) in [5.74, 6) is 0.402. The predicted octanol–water partition coefficient (Wildman–Crippen LogP) is 6.50. The van der Waals surface area contributed by atoms with Crippen LogP contribution in [0.2, 0.25) is 10.0 Å². The average molecular weight is 425 g/mol. The second kappa shape index (κ2) is 8.32. The number of carbonyl (C=O) groups is 1. The summed E-state index contributed by atoms with van der Waals surface area (Å²) >= 11 is 12.0. The third-order valence-electron chi connectivity index (χ3n) is 4.89. The number of phenols is 1. The fourth-order valence-electron chi connectivity index (χ4n) is 3.40. The Hall–Kier alpha value is -2.75. The van der Waals surface area contributed by atoms with Crippen molar-refractivity contribution in [3.8, 4) is 22.6 Å². The van der Waals surface area contributed by atoms with Gasteiger partial charge in [0.2, 0.25) is 0 Å². The summed E-state index contributed by atoms with van der Waals surface area (Å²) in [4.78, 5) is 13.1. The lowest BCUT2D eigenvalue weighted by molar-refractivity contribution is 0.103. The van der Waals surface area contributed by atoms with Crippen LogP contribution in [-0.2, 0) is 6.42 Å². The van der Waals surface area contributed by atoms with Crippen molar-refractivity contribution in [3.63, 3.8) is 0 Å². The van der Waals surface area contributed by atoms with Crippen molar-refractivity contribution in [3.05, 3.63) is 93.5 Å². The molecule has 3 aromatic rings. The van der Waals surface area contributed by atoms with Crippen molar-refractivity contribution in [2.45, 2.75) is 12.8 Å². The highest BCUT2D eigenvalue weighted by Gasteiger charge is 2.20. The normalized spacial score (nSPS) is 15.3. The summed E-state index contributed by atoms with van der Waals surface area (Å²) in [6.45, 7) is 0.492. The van der Waals surface area contributed by atoms with Crippen molar-refractivity contribution in [1.29, 1.82) is 0 Å². The number of rotatable bonds is 3. The molecule has 4 rings (SSSR count).